The summed E-state index contributed by atoms with van der Waals surface area (Å²) in [7, 11) is 0. The second kappa shape index (κ2) is 6.92. The molecule has 0 aliphatic heterocycles. The van der Waals surface area contributed by atoms with E-state index in [4.69, 9.17) is 0 Å². The summed E-state index contributed by atoms with van der Waals surface area (Å²) in [5.74, 6) is 0. The molecule has 1 atom stereocenters. The number of carbonyl (C=O) groups is 2. The van der Waals surface area contributed by atoms with E-state index >= 15 is 0 Å². The normalized spacial score (nSPS) is 11.8. The Labute approximate surface area is 88.4 Å². The molecule has 0 rings (SSSR count). The minimum absolute atomic E-state index is 0.290. The molecular weight excluding hydrogens is 204 g/mol. The van der Waals surface area contributed by atoms with Crippen molar-refractivity contribution in [3.8, 4) is 0 Å². The smallest absolute Gasteiger partial charge is 0.429 e. The molecule has 0 aliphatic carbocycles. The number of ether oxygens (including phenoxy) is 2. The van der Waals surface area contributed by atoms with E-state index in [0.29, 0.717) is 6.42 Å². The van der Waals surface area contributed by atoms with Gasteiger partial charge in [0.05, 0.1) is 6.10 Å². The Hall–Kier alpha value is -1.46. The highest BCUT2D eigenvalue weighted by Crippen LogP contribution is 2.00. The molecule has 0 bridgehead atoms. The molecule has 88 valence electrons. The van der Waals surface area contributed by atoms with Gasteiger partial charge in [-0.3, -0.25) is 0 Å². The van der Waals surface area contributed by atoms with Gasteiger partial charge < -0.3 is 9.47 Å². The van der Waals surface area contributed by atoms with Crippen molar-refractivity contribution in [3.63, 3.8) is 0 Å². The highest BCUT2D eigenvalue weighted by atomic mass is 17.3. The predicted octanol–water partition coefficient (Wildman–Crippen LogP) is 2.41. The van der Waals surface area contributed by atoms with Gasteiger partial charge in [0.15, 0.2) is 0 Å². The molecule has 0 aromatic heterocycles. The third-order valence-electron chi connectivity index (χ3n) is 1.38. The van der Waals surface area contributed by atoms with E-state index in [1.54, 1.807) is 20.8 Å². The van der Waals surface area contributed by atoms with E-state index < -0.39 is 12.3 Å². The highest BCUT2D eigenvalue weighted by molar-refractivity contribution is 5.63. The van der Waals surface area contributed by atoms with Crippen LogP contribution >= 0.6 is 0 Å². The van der Waals surface area contributed by atoms with Crippen molar-refractivity contribution < 1.29 is 28.8 Å². The Bertz CT molecular complexity index is 213. The number of hydrogen-bond acceptors (Lipinski definition) is 6. The van der Waals surface area contributed by atoms with E-state index in [9.17, 15) is 9.59 Å². The Morgan fingerprint density at radius 3 is 1.87 bits per heavy atom. The van der Waals surface area contributed by atoms with Crippen molar-refractivity contribution >= 4 is 12.3 Å². The third-order valence-corrected chi connectivity index (χ3v) is 1.38. The van der Waals surface area contributed by atoms with Gasteiger partial charge in [-0.2, -0.15) is 19.4 Å². The van der Waals surface area contributed by atoms with Crippen molar-refractivity contribution in [2.75, 3.05) is 0 Å². The van der Waals surface area contributed by atoms with Crippen LogP contribution in [0.4, 0.5) is 9.59 Å². The predicted molar refractivity (Wildman–Crippen MR) is 50.0 cm³/mol. The summed E-state index contributed by atoms with van der Waals surface area (Å²) < 4.78 is 9.20. The Morgan fingerprint density at radius 2 is 1.47 bits per heavy atom. The zero-order chi connectivity index (χ0) is 11.8. The minimum atomic E-state index is -1.08. The van der Waals surface area contributed by atoms with E-state index in [0.717, 1.165) is 0 Å². The van der Waals surface area contributed by atoms with Gasteiger partial charge in [-0.25, -0.2) is 0 Å². The van der Waals surface area contributed by atoms with Gasteiger partial charge >= 0.3 is 12.3 Å². The lowest BCUT2D eigenvalue weighted by Gasteiger charge is -2.09. The van der Waals surface area contributed by atoms with Crippen LogP contribution < -0.4 is 0 Å². The van der Waals surface area contributed by atoms with Crippen molar-refractivity contribution in [1.82, 2.24) is 0 Å². The number of hydrogen-bond donors (Lipinski definition) is 0. The maximum atomic E-state index is 10.8. The second-order valence-corrected chi connectivity index (χ2v) is 3.17. The highest BCUT2D eigenvalue weighted by Gasteiger charge is 2.15. The number of rotatable bonds is 3. The second-order valence-electron chi connectivity index (χ2n) is 3.17. The molecule has 0 radical (unpaired) electrons. The van der Waals surface area contributed by atoms with Gasteiger partial charge in [-0.1, -0.05) is 6.92 Å². The molecular formula is C9H16O6. The minimum Gasteiger partial charge on any atom is -0.429 e. The molecule has 0 heterocycles. The zero-order valence-electron chi connectivity index (χ0n) is 9.31. The third kappa shape index (κ3) is 7.60. The topological polar surface area (TPSA) is 71.1 Å². The molecule has 0 spiro atoms. The molecule has 0 saturated heterocycles. The summed E-state index contributed by atoms with van der Waals surface area (Å²) in [6.45, 7) is 6.80. The number of carbonyl (C=O) groups excluding carboxylic acids is 2. The molecule has 15 heavy (non-hydrogen) atoms. The van der Waals surface area contributed by atoms with Crippen LogP contribution in [0.25, 0.3) is 0 Å². The van der Waals surface area contributed by atoms with E-state index in [1.807, 2.05) is 6.92 Å². The maximum absolute atomic E-state index is 10.8. The average Bonchev–Trinajstić information content (AvgIpc) is 2.13. The fourth-order valence-corrected chi connectivity index (χ4v) is 0.547. The van der Waals surface area contributed by atoms with E-state index in [-0.39, 0.29) is 12.2 Å². The van der Waals surface area contributed by atoms with Gasteiger partial charge in [0.1, 0.15) is 6.10 Å². The SMILES string of the molecule is CCC(C)OC(=O)OOC(=O)OC(C)C. The maximum Gasteiger partial charge on any atom is 0.550 e. The van der Waals surface area contributed by atoms with Crippen LogP contribution in [0.15, 0.2) is 0 Å². The zero-order valence-corrected chi connectivity index (χ0v) is 9.31. The van der Waals surface area contributed by atoms with Gasteiger partial charge in [-0.15, -0.1) is 0 Å². The summed E-state index contributed by atoms with van der Waals surface area (Å²) >= 11 is 0. The van der Waals surface area contributed by atoms with Crippen LogP contribution in [-0.2, 0) is 19.2 Å². The van der Waals surface area contributed by atoms with Gasteiger partial charge in [0.25, 0.3) is 0 Å². The summed E-state index contributed by atoms with van der Waals surface area (Å²) in [5, 5.41) is 0. The molecule has 6 heteroatoms. The summed E-state index contributed by atoms with van der Waals surface area (Å²) in [6, 6.07) is 0. The first-order valence-electron chi connectivity index (χ1n) is 4.71. The Morgan fingerprint density at radius 1 is 1.00 bits per heavy atom. The lowest BCUT2D eigenvalue weighted by atomic mass is 10.3. The largest absolute Gasteiger partial charge is 0.550 e. The standard InChI is InChI=1S/C9H16O6/c1-5-7(4)13-9(11)15-14-8(10)12-6(2)3/h6-7H,5H2,1-4H3. The average molecular weight is 220 g/mol. The molecule has 0 aliphatic rings. The summed E-state index contributed by atoms with van der Waals surface area (Å²) in [4.78, 5) is 29.6. The molecule has 0 saturated carbocycles. The van der Waals surface area contributed by atoms with Crippen molar-refractivity contribution in [2.45, 2.75) is 46.3 Å². The molecule has 0 N–H and O–H groups in total. The molecule has 0 aromatic rings. The Balaban J connectivity index is 3.66. The summed E-state index contributed by atoms with van der Waals surface area (Å²) in [5.41, 5.74) is 0. The van der Waals surface area contributed by atoms with Crippen LogP contribution in [0.3, 0.4) is 0 Å². The van der Waals surface area contributed by atoms with Gasteiger partial charge in [0, 0.05) is 0 Å². The Kier molecular flexibility index (Phi) is 6.24. The van der Waals surface area contributed by atoms with Crippen LogP contribution in [0.5, 0.6) is 0 Å². The van der Waals surface area contributed by atoms with Crippen molar-refractivity contribution in [1.29, 1.82) is 0 Å². The molecule has 6 nitrogen and oxygen atoms in total. The fourth-order valence-electron chi connectivity index (χ4n) is 0.547. The van der Waals surface area contributed by atoms with Gasteiger partial charge in [0.2, 0.25) is 0 Å². The van der Waals surface area contributed by atoms with Gasteiger partial charge in [-0.05, 0) is 27.2 Å². The van der Waals surface area contributed by atoms with E-state index in [2.05, 4.69) is 19.2 Å². The molecule has 0 amide bonds. The quantitative estimate of drug-likeness (QED) is 0.413. The lowest BCUT2D eigenvalue weighted by Crippen LogP contribution is -2.19. The van der Waals surface area contributed by atoms with Crippen molar-refractivity contribution in [3.05, 3.63) is 0 Å². The molecule has 1 unspecified atom stereocenters. The summed E-state index contributed by atoms with van der Waals surface area (Å²) in [6.07, 6.45) is -2.13. The molecule has 0 fully saturated rings. The van der Waals surface area contributed by atoms with Crippen LogP contribution in [0.2, 0.25) is 0 Å². The van der Waals surface area contributed by atoms with Crippen LogP contribution in [0, 0.1) is 0 Å². The lowest BCUT2D eigenvalue weighted by molar-refractivity contribution is -0.223. The monoisotopic (exact) mass is 220 g/mol. The van der Waals surface area contributed by atoms with E-state index in [1.165, 1.54) is 0 Å². The fraction of sp³-hybridized carbons (Fsp3) is 0.778. The molecule has 0 aromatic carbocycles. The van der Waals surface area contributed by atoms with Crippen LogP contribution in [0.1, 0.15) is 34.1 Å². The first-order valence-corrected chi connectivity index (χ1v) is 4.71. The first kappa shape index (κ1) is 13.5. The van der Waals surface area contributed by atoms with Crippen LogP contribution in [-0.4, -0.2) is 24.5 Å². The van der Waals surface area contributed by atoms with Crippen molar-refractivity contribution in [2.24, 2.45) is 0 Å². The first-order chi connectivity index (χ1) is 6.95.